The van der Waals surface area contributed by atoms with Crippen molar-refractivity contribution in [2.75, 3.05) is 13.6 Å². The molecule has 1 saturated carbocycles. The first-order chi connectivity index (χ1) is 17.0. The number of Topliss-reactive ketones (excluding diaryl/α,β-unsaturated/α-hetero) is 1. The first-order valence-electron chi connectivity index (χ1n) is 11.3. The van der Waals surface area contributed by atoms with Crippen molar-refractivity contribution in [3.63, 3.8) is 0 Å². The van der Waals surface area contributed by atoms with Gasteiger partial charge in [0.05, 0.1) is 10.6 Å². The monoisotopic (exact) mass is 519 g/mol. The summed E-state index contributed by atoms with van der Waals surface area (Å²) in [6.45, 7) is 1.93. The minimum atomic E-state index is -0.982. The fourth-order valence-electron chi connectivity index (χ4n) is 4.34. The van der Waals surface area contributed by atoms with Crippen LogP contribution in [0.4, 0.5) is 8.78 Å². The van der Waals surface area contributed by atoms with E-state index in [1.54, 1.807) is 14.0 Å². The predicted molar refractivity (Wildman–Crippen MR) is 133 cm³/mol. The van der Waals surface area contributed by atoms with Gasteiger partial charge in [-0.15, -0.1) is 0 Å². The molecule has 0 aliphatic heterocycles. The van der Waals surface area contributed by atoms with Gasteiger partial charge in [-0.3, -0.25) is 30.5 Å². The van der Waals surface area contributed by atoms with E-state index in [1.807, 2.05) is 0 Å². The van der Waals surface area contributed by atoms with Crippen LogP contribution in [0.15, 0.2) is 29.2 Å². The Morgan fingerprint density at radius 1 is 1.31 bits per heavy atom. The lowest BCUT2D eigenvalue weighted by Crippen LogP contribution is -2.62. The third-order valence-corrected chi connectivity index (χ3v) is 7.00. The molecule has 1 amide bonds. The number of rotatable bonds is 7. The highest BCUT2D eigenvalue weighted by molar-refractivity contribution is 8.26. The van der Waals surface area contributed by atoms with Crippen LogP contribution in [0.2, 0.25) is 0 Å². The van der Waals surface area contributed by atoms with E-state index >= 15 is 0 Å². The molecule has 3 rings (SSSR count). The van der Waals surface area contributed by atoms with Crippen molar-refractivity contribution in [1.29, 1.82) is 10.8 Å². The van der Waals surface area contributed by atoms with Crippen molar-refractivity contribution in [2.45, 2.75) is 44.7 Å². The number of aromatic amines is 1. The molecular weight excluding hydrogens is 492 g/mol. The van der Waals surface area contributed by atoms with E-state index in [0.29, 0.717) is 37.1 Å². The summed E-state index contributed by atoms with van der Waals surface area (Å²) in [6.07, 6.45) is 2.51. The van der Waals surface area contributed by atoms with Crippen LogP contribution in [-0.4, -0.2) is 56.0 Å². The Balaban J connectivity index is 1.81. The Morgan fingerprint density at radius 3 is 2.64 bits per heavy atom. The van der Waals surface area contributed by atoms with Crippen LogP contribution in [0.1, 0.15) is 54.2 Å². The minimum absolute atomic E-state index is 0.00310. The Morgan fingerprint density at radius 2 is 2.03 bits per heavy atom. The van der Waals surface area contributed by atoms with Crippen molar-refractivity contribution < 1.29 is 23.5 Å². The second-order valence-electron chi connectivity index (χ2n) is 8.42. The summed E-state index contributed by atoms with van der Waals surface area (Å²) in [5.41, 5.74) is -2.53. The van der Waals surface area contributed by atoms with Crippen LogP contribution in [0.25, 0.3) is 0 Å². The summed E-state index contributed by atoms with van der Waals surface area (Å²) < 4.78 is 26.9. The van der Waals surface area contributed by atoms with Gasteiger partial charge < -0.3 is 15.0 Å². The maximum Gasteiger partial charge on any atom is 0.275 e. The molecule has 1 unspecified atom stereocenters. The van der Waals surface area contributed by atoms with Gasteiger partial charge in [0, 0.05) is 38.1 Å². The predicted octanol–water partition coefficient (Wildman–Crippen LogP) is 3.16. The van der Waals surface area contributed by atoms with Gasteiger partial charge in [0.2, 0.25) is 5.43 Å². The SMILES string of the molecule is CCN(C(=O)c1[nH]cc(C(=N)SC(=N)Cc2ccc(F)cc2F)c(=O)c1O)C1(NC)CCCC(=O)C1. The van der Waals surface area contributed by atoms with E-state index in [9.17, 15) is 28.3 Å². The third kappa shape index (κ3) is 5.54. The Kier molecular flexibility index (Phi) is 8.41. The van der Waals surface area contributed by atoms with Crippen LogP contribution >= 0.6 is 11.8 Å². The molecule has 36 heavy (non-hydrogen) atoms. The highest BCUT2D eigenvalue weighted by Gasteiger charge is 2.42. The molecule has 1 aromatic carbocycles. The van der Waals surface area contributed by atoms with Gasteiger partial charge in [0.1, 0.15) is 28.1 Å². The van der Waals surface area contributed by atoms with Crippen LogP contribution in [-0.2, 0) is 11.2 Å². The number of aromatic hydroxyl groups is 1. The number of H-pyrrole nitrogens is 1. The maximum atomic E-state index is 13.9. The smallest absolute Gasteiger partial charge is 0.275 e. The lowest BCUT2D eigenvalue weighted by atomic mass is 9.86. The molecule has 0 radical (unpaired) electrons. The Labute approximate surface area is 210 Å². The minimum Gasteiger partial charge on any atom is -0.503 e. The number of thioether (sulfide) groups is 1. The molecule has 1 aromatic heterocycles. The summed E-state index contributed by atoms with van der Waals surface area (Å²) in [5.74, 6) is -3.14. The molecule has 0 bridgehead atoms. The molecule has 0 spiro atoms. The first kappa shape index (κ1) is 27.2. The van der Waals surface area contributed by atoms with E-state index in [1.165, 1.54) is 11.0 Å². The Hall–Kier alpha value is -3.38. The highest BCUT2D eigenvalue weighted by Crippen LogP contribution is 2.31. The number of nitrogens with one attached hydrogen (secondary N) is 4. The molecule has 1 aliphatic rings. The fourth-order valence-corrected chi connectivity index (χ4v) is 5.07. The van der Waals surface area contributed by atoms with E-state index in [4.69, 9.17) is 10.8 Å². The average Bonchev–Trinajstić information content (AvgIpc) is 2.82. The molecule has 0 saturated heterocycles. The lowest BCUT2D eigenvalue weighted by Gasteiger charge is -2.45. The zero-order valence-corrected chi connectivity index (χ0v) is 20.7. The number of benzene rings is 1. The molecule has 1 fully saturated rings. The molecule has 1 atom stereocenters. The Bertz CT molecular complexity index is 1280. The number of halogens is 2. The van der Waals surface area contributed by atoms with Crippen molar-refractivity contribution in [3.05, 3.63) is 63.1 Å². The molecule has 5 N–H and O–H groups in total. The fraction of sp³-hybridized carbons (Fsp3) is 0.375. The van der Waals surface area contributed by atoms with Crippen molar-refractivity contribution in [1.82, 2.24) is 15.2 Å². The van der Waals surface area contributed by atoms with Crippen LogP contribution in [0.3, 0.4) is 0 Å². The highest BCUT2D eigenvalue weighted by atomic mass is 32.2. The van der Waals surface area contributed by atoms with Crippen molar-refractivity contribution in [3.8, 4) is 5.75 Å². The number of ketones is 1. The number of hydrogen-bond donors (Lipinski definition) is 5. The number of carbonyl (C=O) groups excluding carboxylic acids is 2. The number of aromatic nitrogens is 1. The van der Waals surface area contributed by atoms with E-state index in [-0.39, 0.29) is 47.0 Å². The molecule has 1 heterocycles. The van der Waals surface area contributed by atoms with Crippen LogP contribution < -0.4 is 10.7 Å². The number of pyridine rings is 1. The van der Waals surface area contributed by atoms with E-state index in [2.05, 4.69) is 10.3 Å². The van der Waals surface area contributed by atoms with Gasteiger partial charge in [-0.2, -0.15) is 0 Å². The standard InChI is InChI=1S/C24H27F2N5O4S/c1-3-31(24(29-2)8-4-5-15(32)11-24)23(35)19-21(34)20(33)16(12-30-19)22(28)36-18(27)9-13-6-7-14(25)10-17(13)26/h6-7,10,12,27-29,34H,3-5,8-9,11H2,1-2H3,(H,30,33). The number of nitrogens with zero attached hydrogens (tertiary/aromatic N) is 1. The lowest BCUT2D eigenvalue weighted by molar-refractivity contribution is -0.125. The second-order valence-corrected chi connectivity index (χ2v) is 9.53. The van der Waals surface area contributed by atoms with E-state index < -0.39 is 39.4 Å². The van der Waals surface area contributed by atoms with Crippen molar-refractivity contribution >= 4 is 33.5 Å². The summed E-state index contributed by atoms with van der Waals surface area (Å²) in [5, 5.41) is 29.3. The van der Waals surface area contributed by atoms with Gasteiger partial charge in [-0.05, 0) is 38.4 Å². The quantitative estimate of drug-likeness (QED) is 0.215. The first-order valence-corrected chi connectivity index (χ1v) is 12.1. The number of carbonyl (C=O) groups is 2. The van der Waals surface area contributed by atoms with Crippen LogP contribution in [0.5, 0.6) is 5.75 Å². The molecular formula is C24H27F2N5O4S. The average molecular weight is 520 g/mol. The van der Waals surface area contributed by atoms with Gasteiger partial charge in [0.15, 0.2) is 11.4 Å². The van der Waals surface area contributed by atoms with Gasteiger partial charge >= 0.3 is 0 Å². The summed E-state index contributed by atoms with van der Waals surface area (Å²) in [6, 6.07) is 2.94. The number of amides is 1. The second kappa shape index (κ2) is 11.1. The summed E-state index contributed by atoms with van der Waals surface area (Å²) in [4.78, 5) is 42.3. The molecule has 9 nitrogen and oxygen atoms in total. The van der Waals surface area contributed by atoms with Gasteiger partial charge in [0.25, 0.3) is 5.91 Å². The normalized spacial score (nSPS) is 17.6. The zero-order chi connectivity index (χ0) is 26.6. The third-order valence-electron chi connectivity index (χ3n) is 6.19. The molecule has 2 aromatic rings. The maximum absolute atomic E-state index is 13.9. The van der Waals surface area contributed by atoms with Crippen LogP contribution in [0, 0.1) is 22.5 Å². The van der Waals surface area contributed by atoms with Crippen molar-refractivity contribution in [2.24, 2.45) is 0 Å². The topological polar surface area (TPSA) is 150 Å². The largest absolute Gasteiger partial charge is 0.503 e. The summed E-state index contributed by atoms with van der Waals surface area (Å²) >= 11 is 0.567. The molecule has 192 valence electrons. The van der Waals surface area contributed by atoms with Gasteiger partial charge in [-0.1, -0.05) is 17.8 Å². The van der Waals surface area contributed by atoms with E-state index in [0.717, 1.165) is 12.3 Å². The zero-order valence-electron chi connectivity index (χ0n) is 19.8. The van der Waals surface area contributed by atoms with Gasteiger partial charge in [-0.25, -0.2) is 8.78 Å². The summed E-state index contributed by atoms with van der Waals surface area (Å²) in [7, 11) is 1.64. The number of hydrogen-bond acceptors (Lipinski definition) is 8. The molecule has 12 heteroatoms. The molecule has 1 aliphatic carbocycles.